The molecular formula is C13H14N2O2S. The third-order valence-electron chi connectivity index (χ3n) is 2.61. The molecule has 1 aromatic heterocycles. The van der Waals surface area contributed by atoms with E-state index in [1.807, 2.05) is 24.3 Å². The van der Waals surface area contributed by atoms with Crippen LogP contribution in [-0.2, 0) is 0 Å². The molecular weight excluding hydrogens is 248 g/mol. The molecule has 3 N–H and O–H groups in total. The standard InChI is InChI=1S/C13H14N2O2S/c14-12(18)6-3-7-15-13(16)10-8-17-11-5-2-1-4-9(10)11/h1-2,4-5,8H,3,6-7H2,(H2,14,18)(H,15,16). The fourth-order valence-corrected chi connectivity index (χ4v) is 1.86. The van der Waals surface area contributed by atoms with Gasteiger partial charge in [0.05, 0.1) is 10.6 Å². The van der Waals surface area contributed by atoms with Gasteiger partial charge in [0.15, 0.2) is 0 Å². The summed E-state index contributed by atoms with van der Waals surface area (Å²) >= 11 is 4.77. The number of nitrogens with one attached hydrogen (secondary N) is 1. The van der Waals surface area contributed by atoms with Gasteiger partial charge < -0.3 is 15.5 Å². The second-order valence-corrected chi connectivity index (χ2v) is 4.50. The van der Waals surface area contributed by atoms with E-state index >= 15 is 0 Å². The van der Waals surface area contributed by atoms with Crippen molar-refractivity contribution < 1.29 is 9.21 Å². The minimum atomic E-state index is -0.136. The summed E-state index contributed by atoms with van der Waals surface area (Å²) in [5.41, 5.74) is 6.65. The van der Waals surface area contributed by atoms with Crippen molar-refractivity contribution in [2.45, 2.75) is 12.8 Å². The number of carbonyl (C=O) groups excluding carboxylic acids is 1. The highest BCUT2D eigenvalue weighted by Gasteiger charge is 2.12. The Morgan fingerprint density at radius 1 is 1.39 bits per heavy atom. The average molecular weight is 262 g/mol. The maximum absolute atomic E-state index is 11.9. The second-order valence-electron chi connectivity index (χ2n) is 3.97. The van der Waals surface area contributed by atoms with Crippen LogP contribution < -0.4 is 11.1 Å². The normalized spacial score (nSPS) is 10.4. The van der Waals surface area contributed by atoms with Gasteiger partial charge in [-0.05, 0) is 18.9 Å². The van der Waals surface area contributed by atoms with E-state index in [1.165, 1.54) is 6.26 Å². The Balaban J connectivity index is 1.99. The molecule has 5 heteroatoms. The van der Waals surface area contributed by atoms with E-state index in [9.17, 15) is 4.79 Å². The molecule has 0 saturated carbocycles. The molecule has 0 atom stereocenters. The van der Waals surface area contributed by atoms with E-state index in [-0.39, 0.29) is 5.91 Å². The molecule has 18 heavy (non-hydrogen) atoms. The number of para-hydroxylation sites is 1. The van der Waals surface area contributed by atoms with Gasteiger partial charge in [-0.1, -0.05) is 30.4 Å². The van der Waals surface area contributed by atoms with Gasteiger partial charge in [-0.15, -0.1) is 0 Å². The number of furan rings is 1. The van der Waals surface area contributed by atoms with Crippen LogP contribution in [0.1, 0.15) is 23.2 Å². The molecule has 0 saturated heterocycles. The van der Waals surface area contributed by atoms with Crippen LogP contribution >= 0.6 is 12.2 Å². The van der Waals surface area contributed by atoms with Crippen LogP contribution in [0.4, 0.5) is 0 Å². The first-order valence-corrected chi connectivity index (χ1v) is 6.12. The van der Waals surface area contributed by atoms with E-state index in [0.29, 0.717) is 29.1 Å². The molecule has 1 aromatic carbocycles. The first-order chi connectivity index (χ1) is 8.68. The Labute approximate surface area is 110 Å². The van der Waals surface area contributed by atoms with Crippen LogP contribution in [-0.4, -0.2) is 17.4 Å². The Bertz CT molecular complexity index is 577. The van der Waals surface area contributed by atoms with E-state index in [4.69, 9.17) is 22.4 Å². The summed E-state index contributed by atoms with van der Waals surface area (Å²) in [5, 5.41) is 3.64. The minimum absolute atomic E-state index is 0.136. The van der Waals surface area contributed by atoms with Crippen molar-refractivity contribution in [2.75, 3.05) is 6.54 Å². The largest absolute Gasteiger partial charge is 0.463 e. The molecule has 0 unspecified atom stereocenters. The van der Waals surface area contributed by atoms with E-state index < -0.39 is 0 Å². The number of carbonyl (C=O) groups is 1. The van der Waals surface area contributed by atoms with Crippen molar-refractivity contribution in [1.29, 1.82) is 0 Å². The first kappa shape index (κ1) is 12.6. The lowest BCUT2D eigenvalue weighted by molar-refractivity contribution is 0.0954. The number of thiocarbonyl (C=S) groups is 1. The van der Waals surface area contributed by atoms with Crippen LogP contribution in [0.3, 0.4) is 0 Å². The molecule has 0 spiro atoms. The Hall–Kier alpha value is -1.88. The lowest BCUT2D eigenvalue weighted by atomic mass is 10.1. The second kappa shape index (κ2) is 5.64. The number of nitrogens with two attached hydrogens (primary N) is 1. The monoisotopic (exact) mass is 262 g/mol. The molecule has 4 nitrogen and oxygen atoms in total. The SMILES string of the molecule is NC(=S)CCCNC(=O)c1coc2ccccc12. The highest BCUT2D eigenvalue weighted by Crippen LogP contribution is 2.20. The predicted molar refractivity (Wildman–Crippen MR) is 74.6 cm³/mol. The van der Waals surface area contributed by atoms with Gasteiger partial charge in [-0.25, -0.2) is 0 Å². The molecule has 0 bridgehead atoms. The fourth-order valence-electron chi connectivity index (χ4n) is 1.71. The summed E-state index contributed by atoms with van der Waals surface area (Å²) in [5.74, 6) is -0.136. The predicted octanol–water partition coefficient (Wildman–Crippen LogP) is 2.23. The minimum Gasteiger partial charge on any atom is -0.463 e. The third-order valence-corrected chi connectivity index (χ3v) is 2.82. The molecule has 0 aliphatic heterocycles. The van der Waals surface area contributed by atoms with Crippen LogP contribution in [0.5, 0.6) is 0 Å². The molecule has 0 radical (unpaired) electrons. The van der Waals surface area contributed by atoms with Gasteiger partial charge >= 0.3 is 0 Å². The maximum Gasteiger partial charge on any atom is 0.255 e. The highest BCUT2D eigenvalue weighted by molar-refractivity contribution is 7.80. The quantitative estimate of drug-likeness (QED) is 0.640. The number of rotatable bonds is 5. The molecule has 2 rings (SSSR count). The van der Waals surface area contributed by atoms with Crippen LogP contribution in [0, 0.1) is 0 Å². The maximum atomic E-state index is 11.9. The van der Waals surface area contributed by atoms with Crippen molar-refractivity contribution in [3.63, 3.8) is 0 Å². The first-order valence-electron chi connectivity index (χ1n) is 5.71. The molecule has 1 heterocycles. The van der Waals surface area contributed by atoms with Crippen LogP contribution in [0.15, 0.2) is 34.9 Å². The van der Waals surface area contributed by atoms with Crippen molar-refractivity contribution in [2.24, 2.45) is 5.73 Å². The molecule has 94 valence electrons. The van der Waals surface area contributed by atoms with E-state index in [2.05, 4.69) is 5.32 Å². The van der Waals surface area contributed by atoms with Gasteiger partial charge in [0.1, 0.15) is 11.8 Å². The molecule has 2 aromatic rings. The lowest BCUT2D eigenvalue weighted by Crippen LogP contribution is -2.25. The van der Waals surface area contributed by atoms with Crippen molar-refractivity contribution in [3.05, 3.63) is 36.1 Å². The lowest BCUT2D eigenvalue weighted by Gasteiger charge is -2.03. The van der Waals surface area contributed by atoms with Crippen molar-refractivity contribution in [1.82, 2.24) is 5.32 Å². The smallest absolute Gasteiger partial charge is 0.255 e. The Morgan fingerprint density at radius 2 is 2.17 bits per heavy atom. The summed E-state index contributed by atoms with van der Waals surface area (Å²) in [6.07, 6.45) is 2.87. The zero-order valence-corrected chi connectivity index (χ0v) is 10.6. The van der Waals surface area contributed by atoms with Gasteiger partial charge in [0.2, 0.25) is 0 Å². The summed E-state index contributed by atoms with van der Waals surface area (Å²) in [7, 11) is 0. The number of amides is 1. The molecule has 0 fully saturated rings. The molecule has 0 aliphatic rings. The van der Waals surface area contributed by atoms with Gasteiger partial charge in [-0.2, -0.15) is 0 Å². The fraction of sp³-hybridized carbons (Fsp3) is 0.231. The average Bonchev–Trinajstić information content (AvgIpc) is 2.78. The summed E-state index contributed by atoms with van der Waals surface area (Å²) in [6.45, 7) is 0.551. The van der Waals surface area contributed by atoms with Gasteiger partial charge in [-0.3, -0.25) is 4.79 Å². The number of benzene rings is 1. The van der Waals surface area contributed by atoms with Crippen molar-refractivity contribution >= 4 is 34.1 Å². The van der Waals surface area contributed by atoms with Crippen LogP contribution in [0.2, 0.25) is 0 Å². The number of fused-ring (bicyclic) bond motifs is 1. The highest BCUT2D eigenvalue weighted by atomic mass is 32.1. The van der Waals surface area contributed by atoms with E-state index in [0.717, 1.165) is 11.8 Å². The number of hydrogen-bond acceptors (Lipinski definition) is 3. The third kappa shape index (κ3) is 2.87. The molecule has 1 amide bonds. The van der Waals surface area contributed by atoms with Crippen molar-refractivity contribution in [3.8, 4) is 0 Å². The Morgan fingerprint density at radius 3 is 2.94 bits per heavy atom. The van der Waals surface area contributed by atoms with Crippen LogP contribution in [0.25, 0.3) is 11.0 Å². The topological polar surface area (TPSA) is 68.3 Å². The summed E-state index contributed by atoms with van der Waals surface area (Å²) in [4.78, 5) is 12.4. The Kier molecular flexibility index (Phi) is 3.94. The molecule has 0 aliphatic carbocycles. The number of hydrogen-bond donors (Lipinski definition) is 2. The summed E-state index contributed by atoms with van der Waals surface area (Å²) < 4.78 is 5.31. The van der Waals surface area contributed by atoms with Gasteiger partial charge in [0.25, 0.3) is 5.91 Å². The van der Waals surface area contributed by atoms with E-state index in [1.54, 1.807) is 0 Å². The zero-order valence-electron chi connectivity index (χ0n) is 9.81. The van der Waals surface area contributed by atoms with Gasteiger partial charge in [0, 0.05) is 11.9 Å². The summed E-state index contributed by atoms with van der Waals surface area (Å²) in [6, 6.07) is 7.44. The zero-order chi connectivity index (χ0) is 13.0.